The van der Waals surface area contributed by atoms with Crippen LogP contribution in [0.2, 0.25) is 0 Å². The molecule has 9 nitrogen and oxygen atoms in total. The number of ether oxygens (including phenoxy) is 4. The van der Waals surface area contributed by atoms with Gasteiger partial charge in [0.1, 0.15) is 5.75 Å². The van der Waals surface area contributed by atoms with Crippen LogP contribution in [0.25, 0.3) is 10.9 Å². The molecule has 0 spiro atoms. The molecule has 1 aromatic heterocycles. The van der Waals surface area contributed by atoms with E-state index in [0.717, 1.165) is 22.2 Å². The number of benzene rings is 3. The number of fused-ring (bicyclic) bond motifs is 1. The van der Waals surface area contributed by atoms with Gasteiger partial charge in [0.15, 0.2) is 16.6 Å². The zero-order valence-corrected chi connectivity index (χ0v) is 21.8. The largest absolute Gasteiger partial charge is 0.497 e. The molecule has 0 atom stereocenters. The normalized spacial score (nSPS) is 10.5. The van der Waals surface area contributed by atoms with Crippen molar-refractivity contribution in [3.63, 3.8) is 0 Å². The van der Waals surface area contributed by atoms with Gasteiger partial charge in [0.05, 0.1) is 34.0 Å². The standard InChI is InChI=1S/C27H28N4O5S/c1-33-19-11-9-17(10-12-19)15-31-16-21(20-7-5-6-8-22(20)31)26(32)29-30-27(37)28-18-13-23(34-2)25(36-4)24(14-18)35-3/h5-14,16H,15H2,1-4H3,(H,29,32)(H2,28,30,37). The van der Waals surface area contributed by atoms with E-state index in [4.69, 9.17) is 31.2 Å². The van der Waals surface area contributed by atoms with Gasteiger partial charge in [-0.15, -0.1) is 0 Å². The number of carbonyl (C=O) groups is 1. The highest BCUT2D eigenvalue weighted by Gasteiger charge is 2.17. The van der Waals surface area contributed by atoms with Gasteiger partial charge in [0.25, 0.3) is 5.91 Å². The lowest BCUT2D eigenvalue weighted by atomic mass is 10.1. The molecule has 0 fully saturated rings. The van der Waals surface area contributed by atoms with Gasteiger partial charge in [-0.1, -0.05) is 30.3 Å². The first kappa shape index (κ1) is 25.6. The minimum atomic E-state index is -0.321. The Morgan fingerprint density at radius 1 is 0.865 bits per heavy atom. The number of rotatable bonds is 8. The quantitative estimate of drug-likeness (QED) is 0.233. The third-order valence-corrected chi connectivity index (χ3v) is 5.96. The topological polar surface area (TPSA) is 95.0 Å². The second kappa shape index (κ2) is 11.5. The molecule has 0 saturated heterocycles. The first-order valence-electron chi connectivity index (χ1n) is 11.4. The summed E-state index contributed by atoms with van der Waals surface area (Å²) >= 11 is 5.37. The van der Waals surface area contributed by atoms with Crippen molar-refractivity contribution < 1.29 is 23.7 Å². The van der Waals surface area contributed by atoms with Crippen LogP contribution in [0, 0.1) is 0 Å². The zero-order valence-electron chi connectivity index (χ0n) is 21.0. The first-order chi connectivity index (χ1) is 18.0. The van der Waals surface area contributed by atoms with Crippen molar-refractivity contribution in [2.24, 2.45) is 0 Å². The number of para-hydroxylation sites is 1. The average molecular weight is 521 g/mol. The summed E-state index contributed by atoms with van der Waals surface area (Å²) in [7, 11) is 6.23. The SMILES string of the molecule is COc1ccc(Cn2cc(C(=O)NNC(=S)Nc3cc(OC)c(OC)c(OC)c3)c3ccccc32)cc1. The van der Waals surface area contributed by atoms with Gasteiger partial charge in [-0.2, -0.15) is 0 Å². The molecule has 3 aromatic carbocycles. The van der Waals surface area contributed by atoms with E-state index < -0.39 is 0 Å². The van der Waals surface area contributed by atoms with Crippen LogP contribution in [0.1, 0.15) is 15.9 Å². The number of hydrazine groups is 1. The lowest BCUT2D eigenvalue weighted by Gasteiger charge is -2.16. The van der Waals surface area contributed by atoms with E-state index in [0.29, 0.717) is 35.0 Å². The van der Waals surface area contributed by atoms with Crippen LogP contribution >= 0.6 is 12.2 Å². The van der Waals surface area contributed by atoms with Crippen LogP contribution < -0.4 is 35.1 Å². The van der Waals surface area contributed by atoms with E-state index in [2.05, 4.69) is 16.2 Å². The molecule has 0 aliphatic rings. The molecule has 37 heavy (non-hydrogen) atoms. The molecular weight excluding hydrogens is 492 g/mol. The van der Waals surface area contributed by atoms with E-state index in [9.17, 15) is 4.79 Å². The summed E-state index contributed by atoms with van der Waals surface area (Å²) in [5, 5.41) is 4.03. The summed E-state index contributed by atoms with van der Waals surface area (Å²) in [5.74, 6) is 1.89. The Morgan fingerprint density at radius 2 is 1.54 bits per heavy atom. The fourth-order valence-electron chi connectivity index (χ4n) is 3.98. The van der Waals surface area contributed by atoms with Crippen LogP contribution in [0.15, 0.2) is 66.9 Å². The Balaban J connectivity index is 1.47. The van der Waals surface area contributed by atoms with Crippen molar-refractivity contribution in [3.05, 3.63) is 78.0 Å². The maximum absolute atomic E-state index is 13.1. The van der Waals surface area contributed by atoms with Crippen molar-refractivity contribution in [2.75, 3.05) is 33.8 Å². The number of carbonyl (C=O) groups excluding carboxylic acids is 1. The van der Waals surface area contributed by atoms with Gasteiger partial charge in [0, 0.05) is 41.5 Å². The second-order valence-electron chi connectivity index (χ2n) is 7.98. The van der Waals surface area contributed by atoms with Gasteiger partial charge in [-0.05, 0) is 36.0 Å². The molecule has 1 amide bonds. The fourth-order valence-corrected chi connectivity index (χ4v) is 4.15. The molecule has 4 rings (SSSR count). The van der Waals surface area contributed by atoms with Crippen molar-refractivity contribution in [2.45, 2.75) is 6.54 Å². The highest BCUT2D eigenvalue weighted by molar-refractivity contribution is 7.80. The van der Waals surface area contributed by atoms with Gasteiger partial charge in [0.2, 0.25) is 5.75 Å². The Bertz CT molecular complexity index is 1390. The number of anilines is 1. The number of nitrogens with one attached hydrogen (secondary N) is 3. The number of aromatic nitrogens is 1. The van der Waals surface area contributed by atoms with Gasteiger partial charge in [-0.25, -0.2) is 0 Å². The summed E-state index contributed by atoms with van der Waals surface area (Å²) in [4.78, 5) is 13.1. The summed E-state index contributed by atoms with van der Waals surface area (Å²) in [6.07, 6.45) is 1.83. The highest BCUT2D eigenvalue weighted by Crippen LogP contribution is 2.39. The molecule has 0 unspecified atom stereocenters. The first-order valence-corrected chi connectivity index (χ1v) is 11.8. The number of nitrogens with zero attached hydrogens (tertiary/aromatic N) is 1. The molecule has 192 valence electrons. The van der Waals surface area contributed by atoms with E-state index in [1.165, 1.54) is 21.3 Å². The number of hydrogen-bond donors (Lipinski definition) is 3. The maximum Gasteiger partial charge on any atom is 0.271 e. The van der Waals surface area contributed by atoms with Crippen molar-refractivity contribution in [3.8, 4) is 23.0 Å². The summed E-state index contributed by atoms with van der Waals surface area (Å²) < 4.78 is 23.4. The Hall–Kier alpha value is -4.44. The summed E-state index contributed by atoms with van der Waals surface area (Å²) in [6, 6.07) is 19.0. The molecule has 0 aliphatic heterocycles. The van der Waals surface area contributed by atoms with Crippen LogP contribution in [-0.2, 0) is 6.54 Å². The number of amides is 1. The fraction of sp³-hybridized carbons (Fsp3) is 0.185. The van der Waals surface area contributed by atoms with E-state index in [1.54, 1.807) is 19.2 Å². The molecule has 0 saturated carbocycles. The van der Waals surface area contributed by atoms with Gasteiger partial charge < -0.3 is 28.8 Å². The molecular formula is C27H28N4O5S. The monoisotopic (exact) mass is 520 g/mol. The van der Waals surface area contributed by atoms with Crippen molar-refractivity contribution in [1.29, 1.82) is 0 Å². The smallest absolute Gasteiger partial charge is 0.271 e. The van der Waals surface area contributed by atoms with Crippen molar-refractivity contribution in [1.82, 2.24) is 15.4 Å². The lowest BCUT2D eigenvalue weighted by molar-refractivity contribution is 0.0945. The molecule has 0 aliphatic carbocycles. The summed E-state index contributed by atoms with van der Waals surface area (Å²) in [6.45, 7) is 0.603. The highest BCUT2D eigenvalue weighted by atomic mass is 32.1. The molecule has 10 heteroatoms. The predicted octanol–water partition coefficient (Wildman–Crippen LogP) is 4.36. The number of thiocarbonyl (C=S) groups is 1. The number of methoxy groups -OCH3 is 4. The second-order valence-corrected chi connectivity index (χ2v) is 8.39. The van der Waals surface area contributed by atoms with Crippen LogP contribution in [0.3, 0.4) is 0 Å². The van der Waals surface area contributed by atoms with E-state index >= 15 is 0 Å². The molecule has 3 N–H and O–H groups in total. The molecule has 4 aromatic rings. The third kappa shape index (κ3) is 5.70. The minimum Gasteiger partial charge on any atom is -0.497 e. The maximum atomic E-state index is 13.1. The van der Waals surface area contributed by atoms with Crippen LogP contribution in [-0.4, -0.2) is 44.0 Å². The zero-order chi connectivity index (χ0) is 26.4. The Kier molecular flexibility index (Phi) is 7.99. The Labute approximate surface area is 220 Å². The van der Waals surface area contributed by atoms with Crippen LogP contribution in [0.4, 0.5) is 5.69 Å². The average Bonchev–Trinajstić information content (AvgIpc) is 3.29. The number of hydrogen-bond acceptors (Lipinski definition) is 6. The lowest BCUT2D eigenvalue weighted by Crippen LogP contribution is -2.43. The van der Waals surface area contributed by atoms with E-state index in [1.807, 2.05) is 59.3 Å². The molecule has 1 heterocycles. The van der Waals surface area contributed by atoms with Gasteiger partial charge >= 0.3 is 0 Å². The minimum absolute atomic E-state index is 0.185. The third-order valence-electron chi connectivity index (χ3n) is 5.76. The predicted molar refractivity (Wildman–Crippen MR) is 147 cm³/mol. The van der Waals surface area contributed by atoms with Crippen molar-refractivity contribution >= 4 is 39.8 Å². The summed E-state index contributed by atoms with van der Waals surface area (Å²) in [5.41, 5.74) is 8.57. The van der Waals surface area contributed by atoms with Crippen LogP contribution in [0.5, 0.6) is 23.0 Å². The Morgan fingerprint density at radius 3 is 2.16 bits per heavy atom. The van der Waals surface area contributed by atoms with E-state index in [-0.39, 0.29) is 11.0 Å². The molecule has 0 radical (unpaired) electrons. The molecule has 0 bridgehead atoms. The van der Waals surface area contributed by atoms with Gasteiger partial charge in [-0.3, -0.25) is 15.6 Å².